The molecule has 1 aromatic rings. The summed E-state index contributed by atoms with van der Waals surface area (Å²) in [6.07, 6.45) is 1.26. The normalized spacial score (nSPS) is 23.4. The molecule has 1 unspecified atom stereocenters. The summed E-state index contributed by atoms with van der Waals surface area (Å²) in [6, 6.07) is 8.06. The average molecular weight is 191 g/mol. The van der Waals surface area contributed by atoms with E-state index in [9.17, 15) is 5.11 Å². The van der Waals surface area contributed by atoms with Crippen molar-refractivity contribution in [3.05, 3.63) is 29.8 Å². The summed E-state index contributed by atoms with van der Waals surface area (Å²) in [7, 11) is 0. The van der Waals surface area contributed by atoms with E-state index in [1.165, 1.54) is 6.42 Å². The van der Waals surface area contributed by atoms with Crippen LogP contribution in [0.4, 0.5) is 0 Å². The Labute approximate surface area is 85.0 Å². The Morgan fingerprint density at radius 2 is 2.21 bits per heavy atom. The van der Waals surface area contributed by atoms with E-state index in [-0.39, 0.29) is 0 Å². The van der Waals surface area contributed by atoms with Gasteiger partial charge in [-0.15, -0.1) is 0 Å². The molecule has 1 aliphatic rings. The Morgan fingerprint density at radius 1 is 1.50 bits per heavy atom. The second kappa shape index (κ2) is 3.28. The third-order valence-electron chi connectivity index (χ3n) is 2.98. The number of rotatable bonds is 3. The van der Waals surface area contributed by atoms with Crippen LogP contribution in [0.3, 0.4) is 0 Å². The van der Waals surface area contributed by atoms with E-state index in [2.05, 4.69) is 19.2 Å². The van der Waals surface area contributed by atoms with E-state index < -0.39 is 0 Å². The summed E-state index contributed by atoms with van der Waals surface area (Å²) < 4.78 is 0. The molecule has 14 heavy (non-hydrogen) atoms. The Balaban J connectivity index is 1.87. The van der Waals surface area contributed by atoms with Crippen LogP contribution in [-0.4, -0.2) is 11.1 Å². The molecule has 0 aromatic heterocycles. The van der Waals surface area contributed by atoms with Crippen LogP contribution in [0.15, 0.2) is 24.3 Å². The van der Waals surface area contributed by atoms with Gasteiger partial charge in [0.2, 0.25) is 0 Å². The number of phenols is 1. The van der Waals surface area contributed by atoms with Gasteiger partial charge in [-0.1, -0.05) is 26.0 Å². The molecule has 0 aliphatic heterocycles. The van der Waals surface area contributed by atoms with Crippen LogP contribution in [0.2, 0.25) is 0 Å². The quantitative estimate of drug-likeness (QED) is 0.768. The summed E-state index contributed by atoms with van der Waals surface area (Å²) in [4.78, 5) is 0. The minimum atomic E-state index is 0.347. The molecule has 2 heteroatoms. The van der Waals surface area contributed by atoms with Crippen LogP contribution >= 0.6 is 0 Å². The van der Waals surface area contributed by atoms with Gasteiger partial charge in [0.1, 0.15) is 5.75 Å². The minimum Gasteiger partial charge on any atom is -0.508 e. The van der Waals surface area contributed by atoms with Gasteiger partial charge in [0, 0.05) is 12.6 Å². The number of aromatic hydroxyl groups is 1. The molecule has 0 heterocycles. The highest BCUT2D eigenvalue weighted by molar-refractivity contribution is 5.27. The molecular weight excluding hydrogens is 174 g/mol. The minimum absolute atomic E-state index is 0.347. The maximum Gasteiger partial charge on any atom is 0.115 e. The molecule has 76 valence electrons. The van der Waals surface area contributed by atoms with Crippen LogP contribution in [0.1, 0.15) is 25.8 Å². The van der Waals surface area contributed by atoms with Gasteiger partial charge in [-0.3, -0.25) is 0 Å². The van der Waals surface area contributed by atoms with Crippen molar-refractivity contribution in [2.24, 2.45) is 5.41 Å². The van der Waals surface area contributed by atoms with Crippen molar-refractivity contribution in [1.82, 2.24) is 5.32 Å². The molecule has 1 aromatic carbocycles. The smallest absolute Gasteiger partial charge is 0.115 e. The molecule has 1 fully saturated rings. The molecule has 0 radical (unpaired) electrons. The van der Waals surface area contributed by atoms with Gasteiger partial charge in [-0.05, 0) is 29.5 Å². The first-order chi connectivity index (χ1) is 6.58. The monoisotopic (exact) mass is 191 g/mol. The second-order valence-electron chi connectivity index (χ2n) is 4.80. The number of hydrogen-bond donors (Lipinski definition) is 2. The van der Waals surface area contributed by atoms with Crippen LogP contribution in [-0.2, 0) is 6.54 Å². The standard InChI is InChI=1S/C12H17NO/c1-12(2)7-11(12)13-8-9-4-3-5-10(14)6-9/h3-6,11,13-14H,7-8H2,1-2H3. The summed E-state index contributed by atoms with van der Waals surface area (Å²) in [5.74, 6) is 0.347. The van der Waals surface area contributed by atoms with E-state index in [0.717, 1.165) is 12.1 Å². The highest BCUT2D eigenvalue weighted by Crippen LogP contribution is 2.44. The molecule has 1 saturated carbocycles. The van der Waals surface area contributed by atoms with Gasteiger partial charge in [-0.2, -0.15) is 0 Å². The predicted octanol–water partition coefficient (Wildman–Crippen LogP) is 2.28. The Morgan fingerprint density at radius 3 is 2.79 bits per heavy atom. The highest BCUT2D eigenvalue weighted by atomic mass is 16.3. The first kappa shape index (κ1) is 9.53. The lowest BCUT2D eigenvalue weighted by molar-refractivity contribution is 0.473. The highest BCUT2D eigenvalue weighted by Gasteiger charge is 2.44. The van der Waals surface area contributed by atoms with Crippen molar-refractivity contribution >= 4 is 0 Å². The lowest BCUT2D eigenvalue weighted by atomic mass is 10.2. The SMILES string of the molecule is CC1(C)CC1NCc1cccc(O)c1. The van der Waals surface area contributed by atoms with Crippen molar-refractivity contribution in [1.29, 1.82) is 0 Å². The topological polar surface area (TPSA) is 32.3 Å². The fraction of sp³-hybridized carbons (Fsp3) is 0.500. The number of phenolic OH excluding ortho intramolecular Hbond substituents is 1. The molecule has 2 nitrogen and oxygen atoms in total. The molecule has 0 amide bonds. The van der Waals surface area contributed by atoms with E-state index >= 15 is 0 Å². The summed E-state index contributed by atoms with van der Waals surface area (Å²) in [6.45, 7) is 5.39. The fourth-order valence-corrected chi connectivity index (χ4v) is 1.72. The predicted molar refractivity (Wildman–Crippen MR) is 57.1 cm³/mol. The third kappa shape index (κ3) is 2.07. The lowest BCUT2D eigenvalue weighted by Crippen LogP contribution is -2.19. The van der Waals surface area contributed by atoms with Crippen LogP contribution in [0.5, 0.6) is 5.75 Å². The lowest BCUT2D eigenvalue weighted by Gasteiger charge is -2.06. The third-order valence-corrected chi connectivity index (χ3v) is 2.98. The largest absolute Gasteiger partial charge is 0.508 e. The van der Waals surface area contributed by atoms with Crippen LogP contribution < -0.4 is 5.32 Å². The maximum atomic E-state index is 9.27. The molecule has 0 bridgehead atoms. The molecule has 2 rings (SSSR count). The Hall–Kier alpha value is -1.02. The zero-order valence-corrected chi connectivity index (χ0v) is 8.75. The van der Waals surface area contributed by atoms with Crippen LogP contribution in [0.25, 0.3) is 0 Å². The number of benzene rings is 1. The number of hydrogen-bond acceptors (Lipinski definition) is 2. The van der Waals surface area contributed by atoms with Crippen molar-refractivity contribution in [2.75, 3.05) is 0 Å². The van der Waals surface area contributed by atoms with E-state index in [4.69, 9.17) is 0 Å². The summed E-state index contributed by atoms with van der Waals surface area (Å²) >= 11 is 0. The van der Waals surface area contributed by atoms with E-state index in [0.29, 0.717) is 17.2 Å². The van der Waals surface area contributed by atoms with Crippen molar-refractivity contribution < 1.29 is 5.11 Å². The Bertz CT molecular complexity index is 333. The van der Waals surface area contributed by atoms with E-state index in [1.807, 2.05) is 18.2 Å². The van der Waals surface area contributed by atoms with Gasteiger partial charge < -0.3 is 10.4 Å². The van der Waals surface area contributed by atoms with Crippen molar-refractivity contribution in [2.45, 2.75) is 32.9 Å². The molecule has 1 aliphatic carbocycles. The molecule has 0 spiro atoms. The Kier molecular flexibility index (Phi) is 2.23. The maximum absolute atomic E-state index is 9.27. The van der Waals surface area contributed by atoms with Crippen molar-refractivity contribution in [3.8, 4) is 5.75 Å². The van der Waals surface area contributed by atoms with Crippen molar-refractivity contribution in [3.63, 3.8) is 0 Å². The summed E-state index contributed by atoms with van der Waals surface area (Å²) in [5, 5.41) is 12.7. The summed E-state index contributed by atoms with van der Waals surface area (Å²) in [5.41, 5.74) is 1.62. The van der Waals surface area contributed by atoms with Gasteiger partial charge in [0.05, 0.1) is 0 Å². The molecule has 1 atom stereocenters. The zero-order valence-electron chi connectivity index (χ0n) is 8.75. The zero-order chi connectivity index (χ0) is 10.2. The van der Waals surface area contributed by atoms with E-state index in [1.54, 1.807) is 6.07 Å². The van der Waals surface area contributed by atoms with Gasteiger partial charge in [0.25, 0.3) is 0 Å². The molecular formula is C12H17NO. The average Bonchev–Trinajstić information content (AvgIpc) is 2.71. The first-order valence-electron chi connectivity index (χ1n) is 5.09. The molecule has 2 N–H and O–H groups in total. The first-order valence-corrected chi connectivity index (χ1v) is 5.09. The second-order valence-corrected chi connectivity index (χ2v) is 4.80. The van der Waals surface area contributed by atoms with Gasteiger partial charge in [-0.25, -0.2) is 0 Å². The fourth-order valence-electron chi connectivity index (χ4n) is 1.72. The van der Waals surface area contributed by atoms with Gasteiger partial charge in [0.15, 0.2) is 0 Å². The number of nitrogens with one attached hydrogen (secondary N) is 1. The van der Waals surface area contributed by atoms with Crippen LogP contribution in [0, 0.1) is 5.41 Å². The molecule has 0 saturated heterocycles. The van der Waals surface area contributed by atoms with Gasteiger partial charge >= 0.3 is 0 Å².